The number of carbonyl (C=O) groups is 1. The summed E-state index contributed by atoms with van der Waals surface area (Å²) in [5.41, 5.74) is 1.92. The number of rotatable bonds is 5. The molecule has 0 spiro atoms. The number of anilines is 1. The van der Waals surface area contributed by atoms with Crippen LogP contribution in [0.3, 0.4) is 0 Å². The third-order valence-corrected chi connectivity index (χ3v) is 4.51. The van der Waals surface area contributed by atoms with Crippen molar-refractivity contribution >= 4 is 34.1 Å². The SMILES string of the molecule is CCc1nc(N(C)Cc2csc(C)n2)sc1C=O. The Kier molecular flexibility index (Phi) is 4.08. The minimum atomic E-state index is 0.722. The van der Waals surface area contributed by atoms with E-state index >= 15 is 0 Å². The maximum atomic E-state index is 10.9. The Hall–Kier alpha value is -1.27. The average molecular weight is 281 g/mol. The summed E-state index contributed by atoms with van der Waals surface area (Å²) in [5.74, 6) is 0. The maximum Gasteiger partial charge on any atom is 0.186 e. The summed E-state index contributed by atoms with van der Waals surface area (Å²) in [6.07, 6.45) is 1.68. The van der Waals surface area contributed by atoms with Gasteiger partial charge in [0.05, 0.1) is 27.8 Å². The van der Waals surface area contributed by atoms with Gasteiger partial charge in [-0.2, -0.15) is 0 Å². The van der Waals surface area contributed by atoms with Gasteiger partial charge in [-0.15, -0.1) is 11.3 Å². The lowest BCUT2D eigenvalue weighted by Crippen LogP contribution is -2.16. The molecule has 0 unspecified atom stereocenters. The smallest absolute Gasteiger partial charge is 0.186 e. The van der Waals surface area contributed by atoms with Crippen molar-refractivity contribution in [2.45, 2.75) is 26.8 Å². The molecule has 0 amide bonds. The molecule has 2 aromatic heterocycles. The topological polar surface area (TPSA) is 46.1 Å². The molecule has 0 aliphatic carbocycles. The maximum absolute atomic E-state index is 10.9. The fraction of sp³-hybridized carbons (Fsp3) is 0.417. The van der Waals surface area contributed by atoms with Crippen LogP contribution in [0.25, 0.3) is 0 Å². The van der Waals surface area contributed by atoms with Crippen LogP contribution in [0.1, 0.15) is 33.0 Å². The van der Waals surface area contributed by atoms with Crippen molar-refractivity contribution in [2.24, 2.45) is 0 Å². The van der Waals surface area contributed by atoms with Gasteiger partial charge in [-0.25, -0.2) is 9.97 Å². The zero-order valence-electron chi connectivity index (χ0n) is 10.6. The number of nitrogens with zero attached hydrogens (tertiary/aromatic N) is 3. The number of thiazole rings is 2. The lowest BCUT2D eigenvalue weighted by molar-refractivity contribution is 0.112. The van der Waals surface area contributed by atoms with E-state index in [-0.39, 0.29) is 0 Å². The van der Waals surface area contributed by atoms with Gasteiger partial charge in [-0.05, 0) is 13.3 Å². The fourth-order valence-corrected chi connectivity index (χ4v) is 3.18. The van der Waals surface area contributed by atoms with Gasteiger partial charge in [0.2, 0.25) is 0 Å². The van der Waals surface area contributed by atoms with E-state index < -0.39 is 0 Å². The highest BCUT2D eigenvalue weighted by atomic mass is 32.1. The molecule has 0 radical (unpaired) electrons. The molecule has 0 aliphatic heterocycles. The Morgan fingerprint density at radius 1 is 1.44 bits per heavy atom. The van der Waals surface area contributed by atoms with Crippen LogP contribution in [0.2, 0.25) is 0 Å². The predicted octanol–water partition coefficient (Wildman–Crippen LogP) is 2.92. The van der Waals surface area contributed by atoms with Gasteiger partial charge in [0, 0.05) is 12.4 Å². The Labute approximate surface area is 114 Å². The number of aryl methyl sites for hydroxylation is 2. The van der Waals surface area contributed by atoms with Gasteiger partial charge in [0.25, 0.3) is 0 Å². The summed E-state index contributed by atoms with van der Waals surface area (Å²) in [6, 6.07) is 0. The molecule has 0 aromatic carbocycles. The number of aldehydes is 1. The van der Waals surface area contributed by atoms with E-state index in [2.05, 4.69) is 15.3 Å². The Morgan fingerprint density at radius 2 is 2.22 bits per heavy atom. The summed E-state index contributed by atoms with van der Waals surface area (Å²) < 4.78 is 0. The van der Waals surface area contributed by atoms with Crippen LogP contribution in [0.15, 0.2) is 5.38 Å². The molecule has 0 atom stereocenters. The summed E-state index contributed by atoms with van der Waals surface area (Å²) in [5, 5.41) is 4.00. The molecule has 0 fully saturated rings. The van der Waals surface area contributed by atoms with Gasteiger partial charge in [-0.3, -0.25) is 4.79 Å². The number of carbonyl (C=O) groups excluding carboxylic acids is 1. The lowest BCUT2D eigenvalue weighted by Gasteiger charge is -2.13. The quantitative estimate of drug-likeness (QED) is 0.791. The molecule has 2 aromatic rings. The molecule has 2 rings (SSSR count). The Morgan fingerprint density at radius 3 is 2.72 bits per heavy atom. The van der Waals surface area contributed by atoms with E-state index in [1.165, 1.54) is 11.3 Å². The molecule has 0 bridgehead atoms. The summed E-state index contributed by atoms with van der Waals surface area (Å²) >= 11 is 3.09. The predicted molar refractivity (Wildman–Crippen MR) is 75.8 cm³/mol. The molecular formula is C12H15N3OS2. The van der Waals surface area contributed by atoms with E-state index in [4.69, 9.17) is 0 Å². The lowest BCUT2D eigenvalue weighted by atomic mass is 10.3. The number of hydrogen-bond acceptors (Lipinski definition) is 6. The monoisotopic (exact) mass is 281 g/mol. The second kappa shape index (κ2) is 5.58. The third-order valence-electron chi connectivity index (χ3n) is 2.55. The molecule has 6 heteroatoms. The molecular weight excluding hydrogens is 266 g/mol. The molecule has 4 nitrogen and oxygen atoms in total. The van der Waals surface area contributed by atoms with Crippen molar-refractivity contribution in [1.82, 2.24) is 9.97 Å². The Balaban J connectivity index is 2.15. The zero-order valence-corrected chi connectivity index (χ0v) is 12.3. The van der Waals surface area contributed by atoms with Crippen molar-refractivity contribution in [3.05, 3.63) is 26.7 Å². The first-order valence-corrected chi connectivity index (χ1v) is 7.40. The first-order chi connectivity index (χ1) is 8.63. The van der Waals surface area contributed by atoms with Gasteiger partial charge < -0.3 is 4.90 Å². The first-order valence-electron chi connectivity index (χ1n) is 5.71. The Bertz CT molecular complexity index is 547. The largest absolute Gasteiger partial charge is 0.345 e. The molecule has 0 aliphatic rings. The van der Waals surface area contributed by atoms with Crippen molar-refractivity contribution < 1.29 is 4.79 Å². The number of aromatic nitrogens is 2. The summed E-state index contributed by atoms with van der Waals surface area (Å²) in [4.78, 5) is 22.6. The van der Waals surface area contributed by atoms with Crippen LogP contribution < -0.4 is 4.90 Å². The van der Waals surface area contributed by atoms with E-state index in [0.29, 0.717) is 0 Å². The van der Waals surface area contributed by atoms with Crippen LogP contribution >= 0.6 is 22.7 Å². The molecule has 0 saturated carbocycles. The molecule has 96 valence electrons. The van der Waals surface area contributed by atoms with Crippen molar-refractivity contribution in [1.29, 1.82) is 0 Å². The molecule has 0 saturated heterocycles. The highest BCUT2D eigenvalue weighted by Crippen LogP contribution is 2.26. The molecule has 18 heavy (non-hydrogen) atoms. The normalized spacial score (nSPS) is 10.6. The van der Waals surface area contributed by atoms with Crippen LogP contribution in [0, 0.1) is 6.92 Å². The fourth-order valence-electron chi connectivity index (χ4n) is 1.65. The summed E-state index contributed by atoms with van der Waals surface area (Å²) in [6.45, 7) is 4.73. The molecule has 2 heterocycles. The highest BCUT2D eigenvalue weighted by Gasteiger charge is 2.13. The first kappa shape index (κ1) is 13.2. The average Bonchev–Trinajstić information content (AvgIpc) is 2.95. The van der Waals surface area contributed by atoms with E-state index in [1.807, 2.05) is 25.8 Å². The second-order valence-corrected chi connectivity index (χ2v) is 6.06. The van der Waals surface area contributed by atoms with Crippen molar-refractivity contribution in [3.8, 4) is 0 Å². The van der Waals surface area contributed by atoms with Gasteiger partial charge in [0.1, 0.15) is 0 Å². The van der Waals surface area contributed by atoms with Gasteiger partial charge in [-0.1, -0.05) is 18.3 Å². The van der Waals surface area contributed by atoms with Crippen LogP contribution in [0.4, 0.5) is 5.13 Å². The van der Waals surface area contributed by atoms with Gasteiger partial charge in [0.15, 0.2) is 11.4 Å². The van der Waals surface area contributed by atoms with Gasteiger partial charge >= 0.3 is 0 Å². The van der Waals surface area contributed by atoms with Crippen molar-refractivity contribution in [3.63, 3.8) is 0 Å². The minimum absolute atomic E-state index is 0.722. The second-order valence-electron chi connectivity index (χ2n) is 3.99. The van der Waals surface area contributed by atoms with E-state index in [1.54, 1.807) is 11.3 Å². The molecule has 0 N–H and O–H groups in total. The van der Waals surface area contributed by atoms with Crippen LogP contribution in [-0.4, -0.2) is 23.3 Å². The van der Waals surface area contributed by atoms with E-state index in [0.717, 1.165) is 45.7 Å². The standard InChI is InChI=1S/C12H15N3OS2/c1-4-10-11(6-16)18-12(14-10)15(3)5-9-7-17-8(2)13-9/h6-7H,4-5H2,1-3H3. The minimum Gasteiger partial charge on any atom is -0.345 e. The van der Waals surface area contributed by atoms with E-state index in [9.17, 15) is 4.79 Å². The van der Waals surface area contributed by atoms with Crippen molar-refractivity contribution in [2.75, 3.05) is 11.9 Å². The van der Waals surface area contributed by atoms with Crippen LogP contribution in [0.5, 0.6) is 0 Å². The zero-order chi connectivity index (χ0) is 13.1. The van der Waals surface area contributed by atoms with Crippen LogP contribution in [-0.2, 0) is 13.0 Å². The number of hydrogen-bond donors (Lipinski definition) is 0. The summed E-state index contributed by atoms with van der Waals surface area (Å²) in [7, 11) is 1.97. The highest BCUT2D eigenvalue weighted by molar-refractivity contribution is 7.17. The third kappa shape index (κ3) is 2.76.